The molecule has 0 saturated carbocycles. The molecule has 252 valence electrons. The number of amides is 5. The van der Waals surface area contributed by atoms with Gasteiger partial charge in [-0.1, -0.05) is 50.2 Å². The Bertz CT molecular complexity index is 1580. The van der Waals surface area contributed by atoms with Crippen LogP contribution in [0.5, 0.6) is 0 Å². The molecule has 0 spiro atoms. The number of imidazole rings is 1. The normalized spacial score (nSPS) is 21.8. The molecule has 4 N–H and O–H groups in total. The fourth-order valence-corrected chi connectivity index (χ4v) is 6.05. The maximum atomic E-state index is 14.0. The number of benzene rings is 1. The van der Waals surface area contributed by atoms with Gasteiger partial charge in [-0.05, 0) is 61.8 Å². The van der Waals surface area contributed by atoms with E-state index in [1.807, 2.05) is 66.2 Å². The van der Waals surface area contributed by atoms with Crippen molar-refractivity contribution < 1.29 is 24.0 Å². The maximum Gasteiger partial charge on any atom is 0.243 e. The van der Waals surface area contributed by atoms with E-state index in [4.69, 9.17) is 0 Å². The molecule has 1 aliphatic rings. The summed E-state index contributed by atoms with van der Waals surface area (Å²) in [6.45, 7) is 6.79. The monoisotopic (exact) mass is 663 g/mol. The van der Waals surface area contributed by atoms with Crippen LogP contribution in [-0.2, 0) is 36.8 Å². The summed E-state index contributed by atoms with van der Waals surface area (Å²) in [5.74, 6) is -2.03. The van der Waals surface area contributed by atoms with Gasteiger partial charge < -0.3 is 30.6 Å². The Morgan fingerprint density at radius 3 is 2.43 bits per heavy atom. The van der Waals surface area contributed by atoms with Crippen LogP contribution in [-0.4, -0.2) is 93.1 Å². The van der Waals surface area contributed by atoms with E-state index in [0.29, 0.717) is 24.3 Å². The van der Waals surface area contributed by atoms with Crippen LogP contribution >= 0.6 is 11.8 Å². The summed E-state index contributed by atoms with van der Waals surface area (Å²) in [4.78, 5) is 73.7. The summed E-state index contributed by atoms with van der Waals surface area (Å²) >= 11 is 1.53. The molecule has 4 rings (SSSR count). The van der Waals surface area contributed by atoms with E-state index in [9.17, 15) is 24.0 Å². The second-order valence-electron chi connectivity index (χ2n) is 12.3. The second-order valence-corrected chi connectivity index (χ2v) is 13.3. The van der Waals surface area contributed by atoms with Gasteiger partial charge in [0.25, 0.3) is 0 Å². The number of rotatable bonds is 8. The first kappa shape index (κ1) is 35.5. The first-order valence-corrected chi connectivity index (χ1v) is 17.3. The number of nitrogens with zero attached hydrogens (tertiary/aromatic N) is 3. The van der Waals surface area contributed by atoms with E-state index in [2.05, 4.69) is 26.3 Å². The molecule has 47 heavy (non-hydrogen) atoms. The average Bonchev–Trinajstić information content (AvgIpc) is 3.44. The Kier molecular flexibility index (Phi) is 12.4. The van der Waals surface area contributed by atoms with E-state index in [1.54, 1.807) is 27.0 Å². The molecule has 12 nitrogen and oxygen atoms in total. The summed E-state index contributed by atoms with van der Waals surface area (Å²) in [5, 5.41) is 11.3. The van der Waals surface area contributed by atoms with E-state index in [1.165, 1.54) is 16.7 Å². The van der Waals surface area contributed by atoms with Crippen molar-refractivity contribution in [3.63, 3.8) is 0 Å². The fraction of sp³-hybridized carbons (Fsp3) is 0.471. The molecule has 1 aromatic carbocycles. The standard InChI is InChI=1S/C34H45N7O5S/c1-21(2)30-34(46)38-27(13-15-47-5)33(45)36-23(4)32(44)37-25(16-24-11-7-6-8-12-24)19-40(20-28(42)39-30)29(43)17-26-18-35-31-22(3)10-9-14-41(26)31/h6-12,14,18,21,23,25,27,30H,13,15-17,19-20H2,1-5H3,(H,36,45)(H,37,44)(H,38,46)(H,39,42)/t23-,25+,27-,30-/m0/s1. The molecule has 4 atom stereocenters. The van der Waals surface area contributed by atoms with Crippen molar-refractivity contribution >= 4 is 46.9 Å². The number of fused-ring (bicyclic) bond motifs is 1. The molecular weight excluding hydrogens is 618 g/mol. The van der Waals surface area contributed by atoms with E-state index < -0.39 is 47.8 Å². The van der Waals surface area contributed by atoms with Crippen LogP contribution in [0, 0.1) is 12.8 Å². The van der Waals surface area contributed by atoms with Crippen molar-refractivity contribution in [3.05, 3.63) is 71.7 Å². The number of pyridine rings is 1. The molecule has 1 fully saturated rings. The highest BCUT2D eigenvalue weighted by atomic mass is 32.2. The zero-order valence-corrected chi connectivity index (χ0v) is 28.4. The summed E-state index contributed by atoms with van der Waals surface area (Å²) < 4.78 is 1.85. The highest BCUT2D eigenvalue weighted by Gasteiger charge is 2.32. The van der Waals surface area contributed by atoms with Crippen molar-refractivity contribution in [1.29, 1.82) is 0 Å². The minimum Gasteiger partial charge on any atom is -0.349 e. The van der Waals surface area contributed by atoms with E-state index >= 15 is 0 Å². The lowest BCUT2D eigenvalue weighted by atomic mass is 10.0. The number of aryl methyl sites for hydroxylation is 1. The van der Waals surface area contributed by atoms with Gasteiger partial charge in [-0.2, -0.15) is 11.8 Å². The Morgan fingerprint density at radius 2 is 1.72 bits per heavy atom. The van der Waals surface area contributed by atoms with Crippen LogP contribution in [0.4, 0.5) is 0 Å². The van der Waals surface area contributed by atoms with Gasteiger partial charge in [0.2, 0.25) is 29.5 Å². The third-order valence-electron chi connectivity index (χ3n) is 8.20. The van der Waals surface area contributed by atoms with Crippen LogP contribution in [0.25, 0.3) is 5.65 Å². The smallest absolute Gasteiger partial charge is 0.243 e. The Balaban J connectivity index is 1.69. The molecule has 3 aromatic rings. The molecule has 0 aliphatic carbocycles. The van der Waals surface area contributed by atoms with Gasteiger partial charge in [0.1, 0.15) is 23.8 Å². The van der Waals surface area contributed by atoms with Gasteiger partial charge in [-0.15, -0.1) is 0 Å². The highest BCUT2D eigenvalue weighted by molar-refractivity contribution is 7.98. The summed E-state index contributed by atoms with van der Waals surface area (Å²) in [6.07, 6.45) is 6.06. The van der Waals surface area contributed by atoms with Gasteiger partial charge in [-0.3, -0.25) is 24.0 Å². The Hall–Kier alpha value is -4.39. The lowest BCUT2D eigenvalue weighted by Crippen LogP contribution is -2.57. The number of nitrogens with one attached hydrogen (secondary N) is 4. The zero-order chi connectivity index (χ0) is 34.1. The van der Waals surface area contributed by atoms with Crippen molar-refractivity contribution in [1.82, 2.24) is 35.6 Å². The fourth-order valence-electron chi connectivity index (χ4n) is 5.58. The molecule has 0 radical (unpaired) electrons. The summed E-state index contributed by atoms with van der Waals surface area (Å²) in [7, 11) is 0. The van der Waals surface area contributed by atoms with E-state index in [0.717, 1.165) is 16.8 Å². The van der Waals surface area contributed by atoms with Gasteiger partial charge in [0, 0.05) is 18.9 Å². The van der Waals surface area contributed by atoms with Gasteiger partial charge >= 0.3 is 0 Å². The number of carbonyl (C=O) groups is 5. The van der Waals surface area contributed by atoms with Crippen molar-refractivity contribution in [2.24, 2.45) is 5.92 Å². The largest absolute Gasteiger partial charge is 0.349 e. The van der Waals surface area contributed by atoms with E-state index in [-0.39, 0.29) is 31.3 Å². The Labute approximate surface area is 279 Å². The number of aromatic nitrogens is 2. The quantitative estimate of drug-likeness (QED) is 0.286. The molecule has 1 aliphatic heterocycles. The predicted molar refractivity (Wildman–Crippen MR) is 182 cm³/mol. The molecule has 2 aromatic heterocycles. The first-order valence-electron chi connectivity index (χ1n) is 15.9. The minimum absolute atomic E-state index is 0.0121. The SMILES string of the molecule is CSCC[C@@H]1NC(=O)[C@H](C(C)C)NC(=O)CN(C(=O)Cc2cnc3c(C)cccn23)C[C@@H](Cc2ccccc2)NC(=O)[C@H](C)NC1=O. The van der Waals surface area contributed by atoms with Crippen LogP contribution < -0.4 is 21.3 Å². The van der Waals surface area contributed by atoms with Gasteiger partial charge in [-0.25, -0.2) is 4.98 Å². The third-order valence-corrected chi connectivity index (χ3v) is 8.84. The highest BCUT2D eigenvalue weighted by Crippen LogP contribution is 2.14. The van der Waals surface area contributed by atoms with Crippen LogP contribution in [0.15, 0.2) is 54.9 Å². The van der Waals surface area contributed by atoms with Crippen molar-refractivity contribution in [3.8, 4) is 0 Å². The molecule has 3 heterocycles. The second kappa shape index (κ2) is 16.4. The average molecular weight is 664 g/mol. The number of carbonyl (C=O) groups excluding carboxylic acids is 5. The number of hydrogen-bond acceptors (Lipinski definition) is 7. The van der Waals surface area contributed by atoms with Gasteiger partial charge in [0.15, 0.2) is 0 Å². The maximum absolute atomic E-state index is 14.0. The number of thioether (sulfide) groups is 1. The third kappa shape index (κ3) is 9.57. The first-order chi connectivity index (χ1) is 22.5. The topological polar surface area (TPSA) is 154 Å². The van der Waals surface area contributed by atoms with Crippen LogP contribution in [0.3, 0.4) is 0 Å². The summed E-state index contributed by atoms with van der Waals surface area (Å²) in [6, 6.07) is 9.96. The van der Waals surface area contributed by atoms with Crippen molar-refractivity contribution in [2.45, 2.75) is 71.1 Å². The van der Waals surface area contributed by atoms with Gasteiger partial charge in [0.05, 0.1) is 24.7 Å². The van der Waals surface area contributed by atoms with Crippen molar-refractivity contribution in [2.75, 3.05) is 25.1 Å². The summed E-state index contributed by atoms with van der Waals surface area (Å²) in [5.41, 5.74) is 3.27. The van der Waals surface area contributed by atoms with Crippen LogP contribution in [0.2, 0.25) is 0 Å². The zero-order valence-electron chi connectivity index (χ0n) is 27.6. The molecule has 0 bridgehead atoms. The molecule has 5 amide bonds. The molecule has 1 saturated heterocycles. The molecule has 13 heteroatoms. The predicted octanol–water partition coefficient (Wildman–Crippen LogP) is 1.64. The molecule has 0 unspecified atom stereocenters. The molecular formula is C34H45N7O5S. The number of hydrogen-bond donors (Lipinski definition) is 4. The van der Waals surface area contributed by atoms with Crippen LogP contribution in [0.1, 0.15) is 44.0 Å². The lowest BCUT2D eigenvalue weighted by Gasteiger charge is -2.30. The Morgan fingerprint density at radius 1 is 0.979 bits per heavy atom. The lowest BCUT2D eigenvalue weighted by molar-refractivity contribution is -0.137. The minimum atomic E-state index is -0.951.